The van der Waals surface area contributed by atoms with Crippen molar-refractivity contribution >= 4 is 24.0 Å². The first-order valence-electron chi connectivity index (χ1n) is 10.5. The van der Waals surface area contributed by atoms with Crippen molar-refractivity contribution in [3.05, 3.63) is 103 Å². The predicted octanol–water partition coefficient (Wildman–Crippen LogP) is 0.680. The van der Waals surface area contributed by atoms with Gasteiger partial charge in [0.15, 0.2) is 0 Å². The van der Waals surface area contributed by atoms with E-state index in [0.29, 0.717) is 13.0 Å². The third-order valence-corrected chi connectivity index (χ3v) is 4.89. The molecule has 3 N–H and O–H groups in total. The number of rotatable bonds is 8. The molecular weight excluding hydrogens is 422 g/mol. The van der Waals surface area contributed by atoms with Crippen LogP contribution in [0.2, 0.25) is 0 Å². The van der Waals surface area contributed by atoms with Crippen LogP contribution in [0, 0.1) is 0 Å². The fraction of sp³-hybridized carbons (Fsp3) is 0.200. The van der Waals surface area contributed by atoms with Crippen LogP contribution in [-0.4, -0.2) is 29.0 Å². The highest BCUT2D eigenvalue weighted by atomic mass is 16.5. The lowest BCUT2D eigenvalue weighted by molar-refractivity contribution is -0.140. The normalized spacial score (nSPS) is 11.9. The standard InChI is InChI=1S/C25H25N3O5/c1-33-23(30)9-5-8-22(29)26-16-19-12-10-18(11-13-19)15-21-25(32)27-20(24(31)28-21)14-17-6-3-2-4-7-17/h2-4,6-7,10-15H,5,8-9,16H2,1H3,(H,26,29)(H,27,32)(H,28,31)/b20-14-,21-15-. The second-order valence-electron chi connectivity index (χ2n) is 7.38. The number of benzene rings is 2. The maximum atomic E-state index is 12.4. The predicted molar refractivity (Wildman–Crippen MR) is 125 cm³/mol. The van der Waals surface area contributed by atoms with Crippen molar-refractivity contribution in [3.63, 3.8) is 0 Å². The Kier molecular flexibility index (Phi) is 8.13. The first-order valence-corrected chi connectivity index (χ1v) is 10.5. The Hall–Kier alpha value is -4.20. The minimum Gasteiger partial charge on any atom is -0.469 e. The zero-order valence-electron chi connectivity index (χ0n) is 18.2. The quantitative estimate of drug-likeness (QED) is 0.439. The topological polar surface area (TPSA) is 121 Å². The monoisotopic (exact) mass is 447 g/mol. The molecule has 1 amide bonds. The summed E-state index contributed by atoms with van der Waals surface area (Å²) in [5.74, 6) is -0.482. The van der Waals surface area contributed by atoms with Crippen LogP contribution in [0.15, 0.2) is 64.2 Å². The lowest BCUT2D eigenvalue weighted by Crippen LogP contribution is -2.46. The van der Waals surface area contributed by atoms with Gasteiger partial charge >= 0.3 is 5.97 Å². The molecule has 0 aliphatic carbocycles. The van der Waals surface area contributed by atoms with E-state index in [0.717, 1.165) is 16.7 Å². The molecule has 1 heterocycles. The lowest BCUT2D eigenvalue weighted by Gasteiger charge is -2.05. The lowest BCUT2D eigenvalue weighted by atomic mass is 10.1. The molecule has 3 aromatic rings. The zero-order valence-corrected chi connectivity index (χ0v) is 18.2. The van der Waals surface area contributed by atoms with Crippen molar-refractivity contribution in [1.29, 1.82) is 0 Å². The van der Waals surface area contributed by atoms with Gasteiger partial charge in [0.1, 0.15) is 10.7 Å². The molecule has 0 fully saturated rings. The molecule has 8 nitrogen and oxygen atoms in total. The molecule has 0 saturated heterocycles. The summed E-state index contributed by atoms with van der Waals surface area (Å²) in [4.78, 5) is 53.0. The van der Waals surface area contributed by atoms with Crippen molar-refractivity contribution in [3.8, 4) is 0 Å². The molecule has 3 rings (SSSR count). The summed E-state index contributed by atoms with van der Waals surface area (Å²) in [5, 5.41) is 3.13. The van der Waals surface area contributed by atoms with Gasteiger partial charge in [-0.25, -0.2) is 0 Å². The van der Waals surface area contributed by atoms with E-state index >= 15 is 0 Å². The SMILES string of the molecule is COC(=O)CCCC(=O)NCc1ccc(/C=c2\[nH]c(=O)/c(=C/c3ccccc3)[nH]c2=O)cc1. The summed E-state index contributed by atoms with van der Waals surface area (Å²) in [6.07, 6.45) is 4.08. The number of aromatic amines is 2. The van der Waals surface area contributed by atoms with Gasteiger partial charge in [-0.1, -0.05) is 54.6 Å². The number of amides is 1. The third kappa shape index (κ3) is 7.17. The van der Waals surface area contributed by atoms with E-state index in [-0.39, 0.29) is 35.4 Å². The van der Waals surface area contributed by atoms with Gasteiger partial charge in [-0.05, 0) is 35.3 Å². The van der Waals surface area contributed by atoms with Crippen LogP contribution in [0.5, 0.6) is 0 Å². The first kappa shape index (κ1) is 23.5. The Morgan fingerprint density at radius 3 is 2.00 bits per heavy atom. The largest absolute Gasteiger partial charge is 0.469 e. The second-order valence-corrected chi connectivity index (χ2v) is 7.38. The molecule has 0 aliphatic heterocycles. The molecule has 1 aromatic heterocycles. The Balaban J connectivity index is 1.66. The number of esters is 1. The molecule has 0 aliphatic rings. The summed E-state index contributed by atoms with van der Waals surface area (Å²) in [6, 6.07) is 16.5. The van der Waals surface area contributed by atoms with Crippen LogP contribution in [0.25, 0.3) is 12.2 Å². The fourth-order valence-electron chi connectivity index (χ4n) is 3.09. The molecule has 33 heavy (non-hydrogen) atoms. The number of carbonyl (C=O) groups excluding carboxylic acids is 2. The Bertz CT molecular complexity index is 1340. The number of nitrogens with one attached hydrogen (secondary N) is 3. The maximum Gasteiger partial charge on any atom is 0.305 e. The summed E-state index contributed by atoms with van der Waals surface area (Å²) >= 11 is 0. The molecule has 2 aromatic carbocycles. The summed E-state index contributed by atoms with van der Waals surface area (Å²) < 4.78 is 4.54. The van der Waals surface area contributed by atoms with Crippen LogP contribution in [-0.2, 0) is 20.9 Å². The maximum absolute atomic E-state index is 12.4. The number of ether oxygens (including phenoxy) is 1. The molecule has 0 radical (unpaired) electrons. The van der Waals surface area contributed by atoms with Crippen molar-refractivity contribution < 1.29 is 14.3 Å². The van der Waals surface area contributed by atoms with Crippen molar-refractivity contribution in [2.75, 3.05) is 7.11 Å². The van der Waals surface area contributed by atoms with Crippen molar-refractivity contribution in [2.45, 2.75) is 25.8 Å². The van der Waals surface area contributed by atoms with Gasteiger partial charge in [0.25, 0.3) is 11.1 Å². The minimum absolute atomic E-state index is 0.147. The molecule has 0 unspecified atom stereocenters. The Morgan fingerprint density at radius 1 is 0.848 bits per heavy atom. The molecule has 0 saturated carbocycles. The highest BCUT2D eigenvalue weighted by Gasteiger charge is 2.05. The molecular formula is C25H25N3O5. The van der Waals surface area contributed by atoms with Crippen LogP contribution < -0.4 is 27.1 Å². The first-order chi connectivity index (χ1) is 15.9. The molecule has 170 valence electrons. The fourth-order valence-corrected chi connectivity index (χ4v) is 3.09. The van der Waals surface area contributed by atoms with E-state index in [2.05, 4.69) is 20.0 Å². The van der Waals surface area contributed by atoms with Crippen LogP contribution in [0.3, 0.4) is 0 Å². The van der Waals surface area contributed by atoms with Crippen LogP contribution >= 0.6 is 0 Å². The Morgan fingerprint density at radius 2 is 1.42 bits per heavy atom. The molecule has 0 bridgehead atoms. The average Bonchev–Trinajstić information content (AvgIpc) is 2.82. The minimum atomic E-state index is -0.403. The molecule has 0 atom stereocenters. The van der Waals surface area contributed by atoms with Gasteiger partial charge in [-0.15, -0.1) is 0 Å². The van der Waals surface area contributed by atoms with Gasteiger partial charge in [-0.3, -0.25) is 19.2 Å². The van der Waals surface area contributed by atoms with E-state index in [1.54, 1.807) is 24.3 Å². The number of H-pyrrole nitrogens is 2. The van der Waals surface area contributed by atoms with Crippen LogP contribution in [0.1, 0.15) is 36.0 Å². The van der Waals surface area contributed by atoms with E-state index in [1.165, 1.54) is 7.11 Å². The average molecular weight is 447 g/mol. The summed E-state index contributed by atoms with van der Waals surface area (Å²) in [5.41, 5.74) is 1.62. The van der Waals surface area contributed by atoms with E-state index in [4.69, 9.17) is 0 Å². The number of methoxy groups -OCH3 is 1. The van der Waals surface area contributed by atoms with Gasteiger partial charge in [0.2, 0.25) is 5.91 Å². The number of carbonyl (C=O) groups is 2. The Labute approximate surface area is 189 Å². The van der Waals surface area contributed by atoms with Gasteiger partial charge < -0.3 is 20.0 Å². The highest BCUT2D eigenvalue weighted by molar-refractivity contribution is 5.77. The smallest absolute Gasteiger partial charge is 0.305 e. The number of hydrogen-bond donors (Lipinski definition) is 3. The number of hydrogen-bond acceptors (Lipinski definition) is 5. The van der Waals surface area contributed by atoms with Gasteiger partial charge in [-0.2, -0.15) is 0 Å². The third-order valence-electron chi connectivity index (χ3n) is 4.89. The number of aromatic nitrogens is 2. The van der Waals surface area contributed by atoms with Crippen molar-refractivity contribution in [2.24, 2.45) is 0 Å². The van der Waals surface area contributed by atoms with Crippen molar-refractivity contribution in [1.82, 2.24) is 15.3 Å². The van der Waals surface area contributed by atoms with Gasteiger partial charge in [0.05, 0.1) is 7.11 Å². The van der Waals surface area contributed by atoms with E-state index in [9.17, 15) is 19.2 Å². The van der Waals surface area contributed by atoms with E-state index < -0.39 is 11.1 Å². The summed E-state index contributed by atoms with van der Waals surface area (Å²) in [7, 11) is 1.32. The summed E-state index contributed by atoms with van der Waals surface area (Å²) in [6.45, 7) is 0.346. The van der Waals surface area contributed by atoms with Gasteiger partial charge in [0, 0.05) is 19.4 Å². The molecule has 0 spiro atoms. The zero-order chi connectivity index (χ0) is 23.6. The van der Waals surface area contributed by atoms with E-state index in [1.807, 2.05) is 42.5 Å². The second kappa shape index (κ2) is 11.4. The molecule has 8 heteroatoms. The van der Waals surface area contributed by atoms with Crippen LogP contribution in [0.4, 0.5) is 0 Å². The highest BCUT2D eigenvalue weighted by Crippen LogP contribution is 2.05.